The molecule has 1 aromatic heterocycles. The number of ketones is 2. The van der Waals surface area contributed by atoms with E-state index in [1.54, 1.807) is 0 Å². The molecule has 2 N–H and O–H groups in total. The first kappa shape index (κ1) is 21.8. The molecule has 1 aliphatic carbocycles. The molecule has 0 amide bonds. The summed E-state index contributed by atoms with van der Waals surface area (Å²) in [5, 5.41) is 6.24. The van der Waals surface area contributed by atoms with Crippen LogP contribution in [0.25, 0.3) is 0 Å². The van der Waals surface area contributed by atoms with Gasteiger partial charge in [0, 0.05) is 50.2 Å². The highest BCUT2D eigenvalue weighted by molar-refractivity contribution is 6.19. The maximum Gasteiger partial charge on any atom is 0.203 e. The molecular formula is C22H34N4O2+2. The number of hydrogen-bond acceptors (Lipinski definition) is 4. The van der Waals surface area contributed by atoms with Gasteiger partial charge in [0.25, 0.3) is 0 Å². The number of aryl methyl sites for hydroxylation is 1. The van der Waals surface area contributed by atoms with Crippen molar-refractivity contribution in [2.75, 3.05) is 39.8 Å². The molecule has 0 fully saturated rings. The summed E-state index contributed by atoms with van der Waals surface area (Å²) in [4.78, 5) is 24.7. The Balaban J connectivity index is 1.80. The van der Waals surface area contributed by atoms with Crippen molar-refractivity contribution in [3.05, 3.63) is 53.6 Å². The maximum atomic E-state index is 12.3. The fraction of sp³-hybridized carbons (Fsp3) is 0.500. The summed E-state index contributed by atoms with van der Waals surface area (Å²) in [5.74, 6) is -0.294. The number of carbonyl (C=O) groups excluding carboxylic acids is 2. The zero-order valence-corrected chi connectivity index (χ0v) is 17.6. The van der Waals surface area contributed by atoms with E-state index in [1.807, 2.05) is 36.0 Å². The minimum Gasteiger partial charge on any atom is -0.382 e. The van der Waals surface area contributed by atoms with E-state index in [9.17, 15) is 9.59 Å². The first-order valence-corrected chi connectivity index (χ1v) is 10.2. The van der Waals surface area contributed by atoms with Gasteiger partial charge in [0.1, 0.15) is 7.05 Å². The smallest absolute Gasteiger partial charge is 0.203 e. The number of rotatable bonds is 11. The van der Waals surface area contributed by atoms with Crippen molar-refractivity contribution in [3.8, 4) is 0 Å². The molecule has 152 valence electrons. The van der Waals surface area contributed by atoms with Crippen LogP contribution >= 0.6 is 0 Å². The molecule has 0 spiro atoms. The highest BCUT2D eigenvalue weighted by Gasteiger charge is 2.21. The summed E-state index contributed by atoms with van der Waals surface area (Å²) in [6.07, 6.45) is 6.55. The second-order valence-electron chi connectivity index (χ2n) is 7.58. The second kappa shape index (κ2) is 10.2. The summed E-state index contributed by atoms with van der Waals surface area (Å²) in [7, 11) is 4.23. The molecule has 0 aromatic carbocycles. The Hall–Kier alpha value is -2.47. The standard InChI is InChI=1S/C22H32N4O2/c1-5-26(4,6-2)15-9-12-23-19-16-22(28)20(17-21(19)27)24-13-11-18-10-7-8-14-25(18)3/h7-8,10,14,16-17H,5-6,9,11-13,15H2,1-4H3/p+2. The minimum atomic E-state index is -0.151. The zero-order chi connectivity index (χ0) is 20.6. The van der Waals surface area contributed by atoms with Gasteiger partial charge in [-0.15, -0.1) is 0 Å². The fourth-order valence-corrected chi connectivity index (χ4v) is 3.20. The predicted octanol–water partition coefficient (Wildman–Crippen LogP) is 1.03. The Morgan fingerprint density at radius 2 is 1.57 bits per heavy atom. The third kappa shape index (κ3) is 6.02. The van der Waals surface area contributed by atoms with Crippen molar-refractivity contribution in [1.29, 1.82) is 0 Å². The van der Waals surface area contributed by atoms with Gasteiger partial charge < -0.3 is 15.1 Å². The summed E-state index contributed by atoms with van der Waals surface area (Å²) >= 11 is 0. The van der Waals surface area contributed by atoms with E-state index in [4.69, 9.17) is 0 Å². The van der Waals surface area contributed by atoms with E-state index in [-0.39, 0.29) is 11.6 Å². The van der Waals surface area contributed by atoms with Crippen LogP contribution in [0.2, 0.25) is 0 Å². The number of nitrogens with one attached hydrogen (secondary N) is 2. The Morgan fingerprint density at radius 1 is 0.964 bits per heavy atom. The largest absolute Gasteiger partial charge is 0.382 e. The minimum absolute atomic E-state index is 0.143. The Kier molecular flexibility index (Phi) is 7.93. The van der Waals surface area contributed by atoms with Crippen molar-refractivity contribution < 1.29 is 18.6 Å². The molecule has 6 heteroatoms. The number of pyridine rings is 1. The van der Waals surface area contributed by atoms with Crippen LogP contribution in [0.15, 0.2) is 47.9 Å². The number of allylic oxidation sites excluding steroid dienone is 2. The molecule has 0 unspecified atom stereocenters. The van der Waals surface area contributed by atoms with Crippen LogP contribution in [0.4, 0.5) is 0 Å². The number of carbonyl (C=O) groups is 2. The molecule has 2 rings (SSSR count). The maximum absolute atomic E-state index is 12.3. The van der Waals surface area contributed by atoms with Crippen LogP contribution < -0.4 is 15.2 Å². The first-order valence-electron chi connectivity index (χ1n) is 10.2. The monoisotopic (exact) mass is 386 g/mol. The van der Waals surface area contributed by atoms with E-state index in [0.717, 1.165) is 42.7 Å². The van der Waals surface area contributed by atoms with E-state index >= 15 is 0 Å². The molecule has 0 saturated heterocycles. The van der Waals surface area contributed by atoms with Gasteiger partial charge in [-0.2, -0.15) is 0 Å². The molecule has 1 heterocycles. The molecule has 0 radical (unpaired) electrons. The lowest BCUT2D eigenvalue weighted by Crippen LogP contribution is -2.45. The zero-order valence-electron chi connectivity index (χ0n) is 17.6. The quantitative estimate of drug-likeness (QED) is 0.258. The van der Waals surface area contributed by atoms with Gasteiger partial charge in [-0.1, -0.05) is 6.07 Å². The molecule has 1 aromatic rings. The lowest BCUT2D eigenvalue weighted by molar-refractivity contribution is -0.906. The summed E-state index contributed by atoms with van der Waals surface area (Å²) in [6, 6.07) is 6.02. The van der Waals surface area contributed by atoms with Gasteiger partial charge in [-0.25, -0.2) is 4.57 Å². The number of nitrogens with zero attached hydrogens (tertiary/aromatic N) is 2. The fourth-order valence-electron chi connectivity index (χ4n) is 3.20. The Bertz CT molecular complexity index is 764. The lowest BCUT2D eigenvalue weighted by Gasteiger charge is -2.32. The van der Waals surface area contributed by atoms with Gasteiger partial charge >= 0.3 is 0 Å². The molecule has 28 heavy (non-hydrogen) atoms. The Labute approximate surface area is 168 Å². The average Bonchev–Trinajstić information content (AvgIpc) is 2.69. The van der Waals surface area contributed by atoms with Crippen molar-refractivity contribution in [2.24, 2.45) is 7.05 Å². The van der Waals surface area contributed by atoms with Gasteiger partial charge in [-0.3, -0.25) is 9.59 Å². The topological polar surface area (TPSA) is 62.1 Å². The van der Waals surface area contributed by atoms with Crippen LogP contribution in [-0.4, -0.2) is 55.8 Å². The van der Waals surface area contributed by atoms with Gasteiger partial charge in [0.05, 0.1) is 38.1 Å². The molecular weight excluding hydrogens is 352 g/mol. The molecule has 6 nitrogen and oxygen atoms in total. The number of quaternary nitrogens is 1. The molecule has 0 aliphatic heterocycles. The predicted molar refractivity (Wildman–Crippen MR) is 110 cm³/mol. The first-order chi connectivity index (χ1) is 13.4. The van der Waals surface area contributed by atoms with E-state index in [0.29, 0.717) is 24.5 Å². The van der Waals surface area contributed by atoms with Crippen LogP contribution in [0.3, 0.4) is 0 Å². The molecule has 1 aliphatic rings. The summed E-state index contributed by atoms with van der Waals surface area (Å²) in [5.41, 5.74) is 1.93. The van der Waals surface area contributed by atoms with Crippen molar-refractivity contribution in [3.63, 3.8) is 0 Å². The van der Waals surface area contributed by atoms with Crippen molar-refractivity contribution in [2.45, 2.75) is 26.7 Å². The molecule has 0 atom stereocenters. The summed E-state index contributed by atoms with van der Waals surface area (Å²) in [6.45, 7) is 8.92. The number of hydrogen-bond donors (Lipinski definition) is 2. The Morgan fingerprint density at radius 3 is 2.14 bits per heavy atom. The highest BCUT2D eigenvalue weighted by Crippen LogP contribution is 2.09. The van der Waals surface area contributed by atoms with Gasteiger partial charge in [-0.05, 0) is 13.8 Å². The van der Waals surface area contributed by atoms with E-state index < -0.39 is 0 Å². The van der Waals surface area contributed by atoms with Crippen LogP contribution in [-0.2, 0) is 23.1 Å². The van der Waals surface area contributed by atoms with Gasteiger partial charge in [0.2, 0.25) is 11.6 Å². The highest BCUT2D eigenvalue weighted by atomic mass is 16.1. The number of aromatic nitrogens is 1. The van der Waals surface area contributed by atoms with Gasteiger partial charge in [0.15, 0.2) is 11.9 Å². The summed E-state index contributed by atoms with van der Waals surface area (Å²) < 4.78 is 3.06. The SMILES string of the molecule is CC[N+](C)(CC)CCCNC1=CC(=O)C(NCCc2cccc[n+]2C)=CC1=O. The van der Waals surface area contributed by atoms with Crippen LogP contribution in [0, 0.1) is 0 Å². The second-order valence-corrected chi connectivity index (χ2v) is 7.58. The average molecular weight is 387 g/mol. The van der Waals surface area contributed by atoms with Crippen molar-refractivity contribution in [1.82, 2.24) is 10.6 Å². The lowest BCUT2D eigenvalue weighted by atomic mass is 10.1. The molecule has 0 saturated carbocycles. The normalized spacial score (nSPS) is 14.6. The molecule has 0 bridgehead atoms. The van der Waals surface area contributed by atoms with Crippen LogP contribution in [0.1, 0.15) is 26.0 Å². The third-order valence-corrected chi connectivity index (χ3v) is 5.66. The van der Waals surface area contributed by atoms with E-state index in [1.165, 1.54) is 12.2 Å². The van der Waals surface area contributed by atoms with Crippen molar-refractivity contribution >= 4 is 11.6 Å². The third-order valence-electron chi connectivity index (χ3n) is 5.66. The van der Waals surface area contributed by atoms with Crippen LogP contribution in [0.5, 0.6) is 0 Å². The van der Waals surface area contributed by atoms with E-state index in [2.05, 4.69) is 31.5 Å².